The number of carbonyl (C=O) groups excluding carboxylic acids is 1. The molecule has 1 unspecified atom stereocenters. The number of H-pyrrole nitrogens is 1. The minimum absolute atomic E-state index is 0.142. The number of aromatic nitrogens is 2. The van der Waals surface area contributed by atoms with Crippen molar-refractivity contribution in [3.63, 3.8) is 0 Å². The van der Waals surface area contributed by atoms with Gasteiger partial charge in [-0.1, -0.05) is 54.2 Å². The summed E-state index contributed by atoms with van der Waals surface area (Å²) in [7, 11) is 0. The maximum absolute atomic E-state index is 12.0. The Labute approximate surface area is 144 Å². The highest BCUT2D eigenvalue weighted by molar-refractivity contribution is 7.99. The minimum Gasteiger partial charge on any atom is -0.384 e. The first-order chi connectivity index (χ1) is 11.5. The van der Waals surface area contributed by atoms with Crippen LogP contribution in [0.4, 0.5) is 0 Å². The first kappa shape index (κ1) is 16.5. The summed E-state index contributed by atoms with van der Waals surface area (Å²) in [6.45, 7) is 1.85. The molecule has 5 nitrogen and oxygen atoms in total. The molecule has 0 saturated heterocycles. The van der Waals surface area contributed by atoms with Crippen LogP contribution in [0.2, 0.25) is 0 Å². The highest BCUT2D eigenvalue weighted by Crippen LogP contribution is 2.20. The molecule has 0 saturated carbocycles. The third-order valence-corrected chi connectivity index (χ3v) is 4.61. The van der Waals surface area contributed by atoms with Crippen LogP contribution in [0.15, 0.2) is 59.8 Å². The van der Waals surface area contributed by atoms with Gasteiger partial charge < -0.3 is 15.4 Å². The van der Waals surface area contributed by atoms with E-state index in [9.17, 15) is 9.90 Å². The number of aromatic amines is 1. The molecule has 1 atom stereocenters. The van der Waals surface area contributed by atoms with Gasteiger partial charge in [0, 0.05) is 0 Å². The zero-order valence-electron chi connectivity index (χ0n) is 13.3. The number of nitrogens with zero attached hydrogens (tertiary/aromatic N) is 1. The lowest BCUT2D eigenvalue weighted by Gasteiger charge is -2.24. The Bertz CT molecular complexity index is 797. The number of hydrogen-bond donors (Lipinski definition) is 3. The van der Waals surface area contributed by atoms with E-state index in [1.54, 1.807) is 6.92 Å². The third-order valence-electron chi connectivity index (χ3n) is 3.73. The standard InChI is InChI=1S/C18H19N3O2S/c1-18(23,13-7-3-2-4-8-13)12-19-16(22)11-24-17-20-14-9-5-6-10-15(14)21-17/h2-10,23H,11-12H2,1H3,(H,19,22)(H,20,21). The molecule has 1 heterocycles. The lowest BCUT2D eigenvalue weighted by molar-refractivity contribution is -0.119. The van der Waals surface area contributed by atoms with Gasteiger partial charge in [-0.2, -0.15) is 0 Å². The van der Waals surface area contributed by atoms with Crippen molar-refractivity contribution in [2.45, 2.75) is 17.7 Å². The van der Waals surface area contributed by atoms with E-state index >= 15 is 0 Å². The van der Waals surface area contributed by atoms with E-state index in [1.807, 2.05) is 54.6 Å². The number of para-hydroxylation sites is 2. The van der Waals surface area contributed by atoms with E-state index < -0.39 is 5.60 Å². The number of fused-ring (bicyclic) bond motifs is 1. The quantitative estimate of drug-likeness (QED) is 0.602. The van der Waals surface area contributed by atoms with Crippen molar-refractivity contribution in [2.75, 3.05) is 12.3 Å². The van der Waals surface area contributed by atoms with E-state index in [4.69, 9.17) is 0 Å². The molecule has 0 spiro atoms. The molecule has 1 aromatic heterocycles. The van der Waals surface area contributed by atoms with Crippen LogP contribution in [-0.4, -0.2) is 33.3 Å². The lowest BCUT2D eigenvalue weighted by atomic mass is 9.96. The number of imidazole rings is 1. The molecule has 24 heavy (non-hydrogen) atoms. The smallest absolute Gasteiger partial charge is 0.230 e. The number of benzene rings is 2. The topological polar surface area (TPSA) is 78.0 Å². The van der Waals surface area contributed by atoms with Crippen LogP contribution in [0, 0.1) is 0 Å². The molecule has 6 heteroatoms. The predicted molar refractivity (Wildman–Crippen MR) is 95.8 cm³/mol. The molecule has 0 aliphatic carbocycles. The second-order valence-electron chi connectivity index (χ2n) is 5.76. The van der Waals surface area contributed by atoms with Crippen molar-refractivity contribution in [3.8, 4) is 0 Å². The summed E-state index contributed by atoms with van der Waals surface area (Å²) in [5.41, 5.74) is 1.51. The van der Waals surface area contributed by atoms with Crippen LogP contribution in [0.3, 0.4) is 0 Å². The lowest BCUT2D eigenvalue weighted by Crippen LogP contribution is -2.39. The molecular weight excluding hydrogens is 322 g/mol. The average Bonchev–Trinajstić information content (AvgIpc) is 3.02. The number of thioether (sulfide) groups is 1. The molecule has 2 aromatic carbocycles. The molecule has 0 bridgehead atoms. The number of amides is 1. The van der Waals surface area contributed by atoms with Crippen molar-refractivity contribution in [2.24, 2.45) is 0 Å². The average molecular weight is 341 g/mol. The fraction of sp³-hybridized carbons (Fsp3) is 0.222. The van der Waals surface area contributed by atoms with Crippen LogP contribution in [0.25, 0.3) is 11.0 Å². The summed E-state index contributed by atoms with van der Waals surface area (Å²) in [6.07, 6.45) is 0. The Hall–Kier alpha value is -2.31. The van der Waals surface area contributed by atoms with Crippen molar-refractivity contribution in [1.82, 2.24) is 15.3 Å². The zero-order valence-corrected chi connectivity index (χ0v) is 14.1. The Balaban J connectivity index is 1.52. The van der Waals surface area contributed by atoms with E-state index in [2.05, 4.69) is 15.3 Å². The van der Waals surface area contributed by atoms with Gasteiger partial charge in [0.15, 0.2) is 5.16 Å². The molecule has 0 aliphatic rings. The van der Waals surface area contributed by atoms with E-state index in [1.165, 1.54) is 11.8 Å². The van der Waals surface area contributed by atoms with E-state index in [0.717, 1.165) is 16.6 Å². The van der Waals surface area contributed by atoms with E-state index in [0.29, 0.717) is 5.16 Å². The number of carbonyl (C=O) groups is 1. The van der Waals surface area contributed by atoms with Crippen LogP contribution < -0.4 is 5.32 Å². The van der Waals surface area contributed by atoms with Gasteiger partial charge in [0.2, 0.25) is 5.91 Å². The van der Waals surface area contributed by atoms with Gasteiger partial charge in [0.05, 0.1) is 23.3 Å². The number of hydrogen-bond acceptors (Lipinski definition) is 4. The fourth-order valence-corrected chi connectivity index (χ4v) is 3.07. The largest absolute Gasteiger partial charge is 0.384 e. The summed E-state index contributed by atoms with van der Waals surface area (Å²) in [6, 6.07) is 17.0. The molecular formula is C18H19N3O2S. The van der Waals surface area contributed by atoms with E-state index in [-0.39, 0.29) is 18.2 Å². The highest BCUT2D eigenvalue weighted by atomic mass is 32.2. The van der Waals surface area contributed by atoms with Gasteiger partial charge in [-0.15, -0.1) is 0 Å². The Kier molecular flexibility index (Phi) is 4.87. The van der Waals surface area contributed by atoms with Gasteiger partial charge in [-0.25, -0.2) is 4.98 Å². The number of aliphatic hydroxyl groups is 1. The van der Waals surface area contributed by atoms with Crippen LogP contribution in [-0.2, 0) is 10.4 Å². The second-order valence-corrected chi connectivity index (χ2v) is 6.73. The van der Waals surface area contributed by atoms with Crippen molar-refractivity contribution in [1.29, 1.82) is 0 Å². The van der Waals surface area contributed by atoms with Gasteiger partial charge >= 0.3 is 0 Å². The predicted octanol–water partition coefficient (Wildman–Crippen LogP) is 2.68. The number of rotatable bonds is 6. The molecule has 124 valence electrons. The maximum atomic E-state index is 12.0. The second kappa shape index (κ2) is 7.07. The van der Waals surface area contributed by atoms with Crippen LogP contribution in [0.5, 0.6) is 0 Å². The van der Waals surface area contributed by atoms with Gasteiger partial charge in [-0.05, 0) is 24.6 Å². The van der Waals surface area contributed by atoms with Crippen molar-refractivity contribution in [3.05, 3.63) is 60.2 Å². The monoisotopic (exact) mass is 341 g/mol. The first-order valence-corrected chi connectivity index (χ1v) is 8.65. The molecule has 0 aliphatic heterocycles. The van der Waals surface area contributed by atoms with Crippen LogP contribution in [0.1, 0.15) is 12.5 Å². The number of nitrogens with one attached hydrogen (secondary N) is 2. The maximum Gasteiger partial charge on any atom is 0.230 e. The van der Waals surface area contributed by atoms with Crippen molar-refractivity contribution >= 4 is 28.7 Å². The zero-order chi connectivity index (χ0) is 17.0. The normalized spacial score (nSPS) is 13.6. The van der Waals surface area contributed by atoms with Crippen LogP contribution >= 0.6 is 11.8 Å². The fourth-order valence-electron chi connectivity index (χ4n) is 2.35. The molecule has 0 radical (unpaired) electrons. The summed E-state index contributed by atoms with van der Waals surface area (Å²) < 4.78 is 0. The minimum atomic E-state index is -1.10. The molecule has 1 amide bonds. The molecule has 3 rings (SSSR count). The van der Waals surface area contributed by atoms with Gasteiger partial charge in [-0.3, -0.25) is 4.79 Å². The SMILES string of the molecule is CC(O)(CNC(=O)CSc1nc2ccccc2[nH]1)c1ccccc1. The Morgan fingerprint density at radius 1 is 1.21 bits per heavy atom. The molecule has 0 fully saturated rings. The molecule has 3 aromatic rings. The Morgan fingerprint density at radius 2 is 1.92 bits per heavy atom. The summed E-state index contributed by atoms with van der Waals surface area (Å²) in [5, 5.41) is 14.0. The summed E-state index contributed by atoms with van der Waals surface area (Å²) in [4.78, 5) is 19.6. The first-order valence-electron chi connectivity index (χ1n) is 7.67. The highest BCUT2D eigenvalue weighted by Gasteiger charge is 2.23. The van der Waals surface area contributed by atoms with Gasteiger partial charge in [0.1, 0.15) is 5.60 Å². The van der Waals surface area contributed by atoms with Gasteiger partial charge in [0.25, 0.3) is 0 Å². The van der Waals surface area contributed by atoms with Crippen molar-refractivity contribution < 1.29 is 9.90 Å². The summed E-state index contributed by atoms with van der Waals surface area (Å²) in [5.74, 6) is 0.0988. The molecule has 3 N–H and O–H groups in total. The third kappa shape index (κ3) is 3.96. The Morgan fingerprint density at radius 3 is 2.67 bits per heavy atom. The summed E-state index contributed by atoms with van der Waals surface area (Å²) >= 11 is 1.34.